The van der Waals surface area contributed by atoms with Crippen LogP contribution in [0.3, 0.4) is 0 Å². The van der Waals surface area contributed by atoms with Crippen LogP contribution in [0.15, 0.2) is 36.4 Å². The third kappa shape index (κ3) is 14.0. The summed E-state index contributed by atoms with van der Waals surface area (Å²) < 4.78 is 78.8. The van der Waals surface area contributed by atoms with Crippen molar-refractivity contribution >= 4 is 34.9 Å². The molecule has 0 bridgehead atoms. The van der Waals surface area contributed by atoms with Gasteiger partial charge in [-0.3, -0.25) is 14.4 Å². The van der Waals surface area contributed by atoms with Crippen molar-refractivity contribution in [2.45, 2.75) is 92.0 Å². The molecule has 2 saturated carbocycles. The number of carbonyl (C=O) groups is 3. The van der Waals surface area contributed by atoms with E-state index in [1.54, 1.807) is 12.1 Å². The highest BCUT2D eigenvalue weighted by molar-refractivity contribution is 6.34. The van der Waals surface area contributed by atoms with E-state index in [0.29, 0.717) is 23.6 Å². The summed E-state index contributed by atoms with van der Waals surface area (Å²) in [6, 6.07) is 8.88. The fourth-order valence-electron chi connectivity index (χ4n) is 4.72. The van der Waals surface area contributed by atoms with Gasteiger partial charge in [0.2, 0.25) is 5.91 Å². The maximum absolute atomic E-state index is 13.1. The van der Waals surface area contributed by atoms with Crippen LogP contribution in [-0.2, 0) is 16.1 Å². The Morgan fingerprint density at radius 3 is 2.04 bits per heavy atom. The normalized spacial score (nSPS) is 14.9. The lowest BCUT2D eigenvalue weighted by Gasteiger charge is -2.18. The lowest BCUT2D eigenvalue weighted by molar-refractivity contribution is -0.192. The Morgan fingerprint density at radius 2 is 1.56 bits per heavy atom. The second kappa shape index (κ2) is 20.9. The van der Waals surface area contributed by atoms with Crippen molar-refractivity contribution in [3.63, 3.8) is 0 Å². The monoisotopic (exact) mass is 710 g/mol. The first kappa shape index (κ1) is 42.7. The molecule has 0 aliphatic heterocycles. The molecule has 14 heteroatoms. The van der Waals surface area contributed by atoms with Crippen molar-refractivity contribution in [2.24, 2.45) is 11.3 Å². The number of benzene rings is 2. The minimum atomic E-state index is -4.61. The third-order valence-corrected chi connectivity index (χ3v) is 7.84. The summed E-state index contributed by atoms with van der Waals surface area (Å²) in [5.74, 6) is -0.573. The summed E-state index contributed by atoms with van der Waals surface area (Å²) in [5.41, 5.74) is -1.29. The molecule has 7 nitrogen and oxygen atoms in total. The largest absolute Gasteiger partial charge is 0.490 e. The molecular weight excluding hydrogens is 666 g/mol. The Morgan fingerprint density at radius 1 is 0.958 bits per heavy atom. The Labute approximate surface area is 283 Å². The van der Waals surface area contributed by atoms with Crippen LogP contribution in [-0.4, -0.2) is 50.8 Å². The molecule has 0 saturated heterocycles. The SMILES string of the molecule is CC.CC1CCCCC1.COCCOc1ccc(NC(=O)c2cc(CNC(=O)C3(C(F)(F)F)CC3)ccc2Cl)cc1C(C)=O.FC(F)F. The zero-order valence-corrected chi connectivity index (χ0v) is 28.6. The molecule has 2 fully saturated rings. The van der Waals surface area contributed by atoms with Gasteiger partial charge in [0.1, 0.15) is 17.8 Å². The predicted molar refractivity (Wildman–Crippen MR) is 174 cm³/mol. The summed E-state index contributed by atoms with van der Waals surface area (Å²) in [6.45, 7) is 4.44. The zero-order chi connectivity index (χ0) is 36.5. The highest BCUT2D eigenvalue weighted by atomic mass is 35.5. The van der Waals surface area contributed by atoms with Crippen molar-refractivity contribution in [2.75, 3.05) is 25.6 Å². The van der Waals surface area contributed by atoms with Crippen molar-refractivity contribution in [1.82, 2.24) is 5.32 Å². The van der Waals surface area contributed by atoms with Gasteiger partial charge in [-0.2, -0.15) is 26.3 Å². The number of alkyl halides is 6. The van der Waals surface area contributed by atoms with E-state index in [9.17, 15) is 40.7 Å². The van der Waals surface area contributed by atoms with E-state index >= 15 is 0 Å². The maximum Gasteiger partial charge on any atom is 0.403 e. The first-order chi connectivity index (χ1) is 22.6. The standard InChI is InChI=1S/C24H24ClF3N2O5.C7H14.C2H6.CHF3/c1-14(31)17-12-16(4-6-20(17)35-10-9-34-2)30-21(32)18-11-15(3-5-19(18)25)13-29-22(33)23(7-8-23)24(26,27)28;1-7-5-3-2-4-6-7;1-2;2-1(3)4/h3-6,11-12H,7-10,13H2,1-2H3,(H,29,33)(H,30,32);7H,2-6H2,1H3;1-2H3;1H. The van der Waals surface area contributed by atoms with Gasteiger partial charge in [0.25, 0.3) is 5.91 Å². The van der Waals surface area contributed by atoms with E-state index in [0.717, 1.165) is 5.92 Å². The van der Waals surface area contributed by atoms with Crippen LogP contribution in [0.5, 0.6) is 5.75 Å². The third-order valence-electron chi connectivity index (χ3n) is 7.51. The van der Waals surface area contributed by atoms with Gasteiger partial charge in [0.15, 0.2) is 5.78 Å². The van der Waals surface area contributed by atoms with Crippen LogP contribution in [0.4, 0.5) is 32.0 Å². The van der Waals surface area contributed by atoms with Gasteiger partial charge >= 0.3 is 12.9 Å². The average Bonchev–Trinajstić information content (AvgIpc) is 3.85. The molecule has 0 unspecified atom stereocenters. The molecule has 2 aliphatic carbocycles. The Kier molecular flexibility index (Phi) is 18.6. The van der Waals surface area contributed by atoms with E-state index in [1.807, 2.05) is 13.8 Å². The average molecular weight is 711 g/mol. The summed E-state index contributed by atoms with van der Waals surface area (Å²) in [6.07, 6.45) is 2.35. The molecule has 48 heavy (non-hydrogen) atoms. The number of ether oxygens (including phenoxy) is 2. The molecule has 2 N–H and O–H groups in total. The van der Waals surface area contributed by atoms with E-state index in [2.05, 4.69) is 17.6 Å². The Bertz CT molecular complexity index is 1310. The number of halogens is 7. The van der Waals surface area contributed by atoms with Gasteiger partial charge in [0, 0.05) is 19.3 Å². The lowest BCUT2D eigenvalue weighted by Crippen LogP contribution is -2.40. The topological polar surface area (TPSA) is 93.7 Å². The smallest absolute Gasteiger partial charge is 0.403 e. The molecular formula is C34H45ClF6N2O5. The van der Waals surface area contributed by atoms with E-state index < -0.39 is 30.1 Å². The van der Waals surface area contributed by atoms with Crippen molar-refractivity contribution in [3.8, 4) is 5.75 Å². The summed E-state index contributed by atoms with van der Waals surface area (Å²) in [7, 11) is 1.52. The van der Waals surface area contributed by atoms with Gasteiger partial charge in [-0.15, -0.1) is 0 Å². The zero-order valence-electron chi connectivity index (χ0n) is 27.9. The highest BCUT2D eigenvalue weighted by Crippen LogP contribution is 2.57. The van der Waals surface area contributed by atoms with Crippen LogP contribution in [0, 0.1) is 11.3 Å². The number of ketones is 1. The maximum atomic E-state index is 13.1. The van der Waals surface area contributed by atoms with E-state index in [-0.39, 0.29) is 47.9 Å². The van der Waals surface area contributed by atoms with Crippen LogP contribution in [0.1, 0.15) is 98.9 Å². The molecule has 2 amide bonds. The van der Waals surface area contributed by atoms with Crippen LogP contribution in [0.2, 0.25) is 5.02 Å². The number of carbonyl (C=O) groups excluding carboxylic acids is 3. The second-order valence-electron chi connectivity index (χ2n) is 11.1. The minimum absolute atomic E-state index is 0.0557. The van der Waals surface area contributed by atoms with Crippen molar-refractivity contribution < 1.29 is 50.2 Å². The van der Waals surface area contributed by atoms with Gasteiger partial charge in [0.05, 0.1) is 22.8 Å². The quantitative estimate of drug-likeness (QED) is 0.146. The molecule has 4 rings (SSSR count). The Balaban J connectivity index is 0.000000746. The lowest BCUT2D eigenvalue weighted by atomic mass is 9.91. The fraction of sp³-hybridized carbons (Fsp3) is 0.559. The second-order valence-corrected chi connectivity index (χ2v) is 11.5. The van der Waals surface area contributed by atoms with Crippen LogP contribution >= 0.6 is 11.6 Å². The molecule has 0 aromatic heterocycles. The van der Waals surface area contributed by atoms with Gasteiger partial charge in [-0.1, -0.05) is 70.5 Å². The van der Waals surface area contributed by atoms with Gasteiger partial charge in [-0.05, 0) is 61.6 Å². The molecule has 0 heterocycles. The predicted octanol–water partition coefficient (Wildman–Crippen LogP) is 9.57. The summed E-state index contributed by atoms with van der Waals surface area (Å²) >= 11 is 6.16. The number of nitrogens with one attached hydrogen (secondary N) is 2. The van der Waals surface area contributed by atoms with Crippen molar-refractivity contribution in [1.29, 1.82) is 0 Å². The van der Waals surface area contributed by atoms with Gasteiger partial charge < -0.3 is 20.1 Å². The number of amides is 2. The first-order valence-electron chi connectivity index (χ1n) is 15.7. The number of Topliss-reactive ketones (excluding diaryl/α,β-unsaturated/α-hetero) is 1. The van der Waals surface area contributed by atoms with E-state index in [1.165, 1.54) is 70.4 Å². The molecule has 2 aromatic carbocycles. The number of methoxy groups -OCH3 is 1. The minimum Gasteiger partial charge on any atom is -0.490 e. The van der Waals surface area contributed by atoms with E-state index in [4.69, 9.17) is 21.1 Å². The van der Waals surface area contributed by atoms with Crippen LogP contribution in [0.25, 0.3) is 0 Å². The molecule has 2 aromatic rings. The number of hydrogen-bond acceptors (Lipinski definition) is 5. The van der Waals surface area contributed by atoms with Gasteiger partial charge in [-0.25, -0.2) is 0 Å². The molecule has 0 atom stereocenters. The number of hydrogen-bond donors (Lipinski definition) is 2. The van der Waals surface area contributed by atoms with Crippen LogP contribution < -0.4 is 15.4 Å². The highest BCUT2D eigenvalue weighted by Gasteiger charge is 2.68. The number of anilines is 1. The summed E-state index contributed by atoms with van der Waals surface area (Å²) in [4.78, 5) is 36.9. The first-order valence-corrected chi connectivity index (χ1v) is 16.1. The number of rotatable bonds is 10. The molecule has 0 radical (unpaired) electrons. The summed E-state index contributed by atoms with van der Waals surface area (Å²) in [5, 5.41) is 5.05. The van der Waals surface area contributed by atoms with Crippen molar-refractivity contribution in [3.05, 3.63) is 58.1 Å². The fourth-order valence-corrected chi connectivity index (χ4v) is 4.92. The Hall–Kier alpha value is -3.32. The molecule has 2 aliphatic rings. The molecule has 270 valence electrons. The molecule has 0 spiro atoms.